The van der Waals surface area contributed by atoms with Crippen LogP contribution in [0.25, 0.3) is 0 Å². The minimum atomic E-state index is -1.11. The molecule has 0 bridgehead atoms. The molecular formula is C18H32O3. The SMILES string of the molecule is CCCCCC1CCC([C@H]2CC[C@H](OC(=O)O)CC2)CC1. The summed E-state index contributed by atoms with van der Waals surface area (Å²) >= 11 is 0. The summed E-state index contributed by atoms with van der Waals surface area (Å²) in [6.07, 6.45) is 14.3. The van der Waals surface area contributed by atoms with E-state index in [1.54, 1.807) is 0 Å². The summed E-state index contributed by atoms with van der Waals surface area (Å²) in [5.41, 5.74) is 0. The Labute approximate surface area is 129 Å². The molecule has 2 saturated carbocycles. The molecule has 0 heterocycles. The highest BCUT2D eigenvalue weighted by Gasteiger charge is 2.31. The molecule has 0 aromatic carbocycles. The van der Waals surface area contributed by atoms with Crippen LogP contribution in [-0.4, -0.2) is 17.4 Å². The molecule has 0 radical (unpaired) electrons. The first-order valence-corrected chi connectivity index (χ1v) is 9.08. The summed E-state index contributed by atoms with van der Waals surface area (Å²) in [5, 5.41) is 8.68. The van der Waals surface area contributed by atoms with Crippen LogP contribution in [0, 0.1) is 17.8 Å². The third kappa shape index (κ3) is 5.52. The van der Waals surface area contributed by atoms with Gasteiger partial charge in [-0.25, -0.2) is 4.79 Å². The summed E-state index contributed by atoms with van der Waals surface area (Å²) in [5.74, 6) is 2.72. The molecule has 2 fully saturated rings. The lowest BCUT2D eigenvalue weighted by Crippen LogP contribution is -2.29. The molecule has 2 aliphatic rings. The Bertz CT molecular complexity index is 300. The molecule has 2 aliphatic carbocycles. The Hall–Kier alpha value is -0.730. The fourth-order valence-electron chi connectivity index (χ4n) is 4.45. The Morgan fingerprint density at radius 3 is 2.05 bits per heavy atom. The first-order valence-electron chi connectivity index (χ1n) is 9.08. The van der Waals surface area contributed by atoms with Gasteiger partial charge in [0, 0.05) is 0 Å². The number of unbranched alkanes of at least 4 members (excludes halogenated alkanes) is 2. The van der Waals surface area contributed by atoms with Gasteiger partial charge in [0.2, 0.25) is 0 Å². The van der Waals surface area contributed by atoms with Gasteiger partial charge in [-0.2, -0.15) is 0 Å². The van der Waals surface area contributed by atoms with E-state index < -0.39 is 6.16 Å². The molecular weight excluding hydrogens is 264 g/mol. The molecule has 0 saturated heterocycles. The minimum Gasteiger partial charge on any atom is -0.450 e. The molecule has 3 heteroatoms. The van der Waals surface area contributed by atoms with E-state index in [2.05, 4.69) is 6.92 Å². The second-order valence-electron chi connectivity index (χ2n) is 7.20. The molecule has 0 unspecified atom stereocenters. The van der Waals surface area contributed by atoms with Crippen LogP contribution in [0.3, 0.4) is 0 Å². The molecule has 0 atom stereocenters. The molecule has 0 amide bonds. The van der Waals surface area contributed by atoms with Crippen molar-refractivity contribution in [2.24, 2.45) is 17.8 Å². The zero-order valence-corrected chi connectivity index (χ0v) is 13.6. The maximum atomic E-state index is 10.6. The number of hydrogen-bond acceptors (Lipinski definition) is 2. The highest BCUT2D eigenvalue weighted by atomic mass is 16.7. The third-order valence-electron chi connectivity index (χ3n) is 5.76. The Kier molecular flexibility index (Phi) is 6.85. The lowest BCUT2D eigenvalue weighted by Gasteiger charge is -2.37. The van der Waals surface area contributed by atoms with E-state index in [4.69, 9.17) is 9.84 Å². The topological polar surface area (TPSA) is 46.5 Å². The fourth-order valence-corrected chi connectivity index (χ4v) is 4.45. The first-order chi connectivity index (χ1) is 10.2. The van der Waals surface area contributed by atoms with Crippen LogP contribution >= 0.6 is 0 Å². The van der Waals surface area contributed by atoms with E-state index in [-0.39, 0.29) is 6.10 Å². The Balaban J connectivity index is 1.63. The Morgan fingerprint density at radius 1 is 0.952 bits per heavy atom. The third-order valence-corrected chi connectivity index (χ3v) is 5.76. The monoisotopic (exact) mass is 296 g/mol. The van der Waals surface area contributed by atoms with Crippen LogP contribution in [0.15, 0.2) is 0 Å². The lowest BCUT2D eigenvalue weighted by molar-refractivity contribution is 0.0191. The predicted octanol–water partition coefficient (Wildman–Crippen LogP) is 5.63. The van der Waals surface area contributed by atoms with Crippen molar-refractivity contribution >= 4 is 6.16 Å². The van der Waals surface area contributed by atoms with Gasteiger partial charge < -0.3 is 9.84 Å². The van der Waals surface area contributed by atoms with Crippen LogP contribution in [0.1, 0.15) is 84.0 Å². The van der Waals surface area contributed by atoms with Crippen LogP contribution < -0.4 is 0 Å². The Morgan fingerprint density at radius 2 is 1.52 bits per heavy atom. The van der Waals surface area contributed by atoms with Crippen molar-refractivity contribution in [3.63, 3.8) is 0 Å². The van der Waals surface area contributed by atoms with Crippen LogP contribution in [0.4, 0.5) is 4.79 Å². The first kappa shape index (κ1) is 16.6. The highest BCUT2D eigenvalue weighted by molar-refractivity contribution is 5.57. The molecule has 0 aromatic rings. The number of carbonyl (C=O) groups is 1. The lowest BCUT2D eigenvalue weighted by atomic mass is 9.70. The second-order valence-corrected chi connectivity index (χ2v) is 7.20. The molecule has 1 N–H and O–H groups in total. The summed E-state index contributed by atoms with van der Waals surface area (Å²) in [4.78, 5) is 10.6. The zero-order chi connectivity index (χ0) is 15.1. The van der Waals surface area contributed by atoms with Crippen molar-refractivity contribution in [3.05, 3.63) is 0 Å². The van der Waals surface area contributed by atoms with Crippen LogP contribution in [-0.2, 0) is 4.74 Å². The molecule has 0 spiro atoms. The normalized spacial score (nSPS) is 33.6. The van der Waals surface area contributed by atoms with E-state index in [9.17, 15) is 4.79 Å². The summed E-state index contributed by atoms with van der Waals surface area (Å²) in [6, 6.07) is 0. The minimum absolute atomic E-state index is 0.0378. The van der Waals surface area contributed by atoms with Gasteiger partial charge in [-0.05, 0) is 56.3 Å². The van der Waals surface area contributed by atoms with Crippen molar-refractivity contribution in [3.8, 4) is 0 Å². The molecule has 0 aliphatic heterocycles. The van der Waals surface area contributed by atoms with Crippen molar-refractivity contribution < 1.29 is 14.6 Å². The van der Waals surface area contributed by atoms with Gasteiger partial charge in [0.05, 0.1) is 0 Å². The number of rotatable bonds is 6. The van der Waals surface area contributed by atoms with Crippen molar-refractivity contribution in [2.75, 3.05) is 0 Å². The average molecular weight is 296 g/mol. The molecule has 122 valence electrons. The van der Waals surface area contributed by atoms with Crippen molar-refractivity contribution in [2.45, 2.75) is 90.1 Å². The summed E-state index contributed by atoms with van der Waals surface area (Å²) in [6.45, 7) is 2.28. The van der Waals surface area contributed by atoms with Crippen LogP contribution in [0.2, 0.25) is 0 Å². The molecule has 2 rings (SSSR count). The van der Waals surface area contributed by atoms with Crippen LogP contribution in [0.5, 0.6) is 0 Å². The summed E-state index contributed by atoms with van der Waals surface area (Å²) < 4.78 is 4.92. The largest absolute Gasteiger partial charge is 0.506 e. The average Bonchev–Trinajstić information content (AvgIpc) is 2.49. The summed E-state index contributed by atoms with van der Waals surface area (Å²) in [7, 11) is 0. The standard InChI is InChI=1S/C18H32O3/c1-2-3-4-5-14-6-8-15(9-7-14)16-10-12-17(13-11-16)21-18(19)20/h14-17H,2-13H2,1H3,(H,19,20)/t14?,15?,16-,17-. The zero-order valence-electron chi connectivity index (χ0n) is 13.6. The highest BCUT2D eigenvalue weighted by Crippen LogP contribution is 2.41. The smallest absolute Gasteiger partial charge is 0.450 e. The van der Waals surface area contributed by atoms with Gasteiger partial charge in [0.25, 0.3) is 0 Å². The van der Waals surface area contributed by atoms with Gasteiger partial charge in [-0.15, -0.1) is 0 Å². The van der Waals surface area contributed by atoms with Gasteiger partial charge in [0.15, 0.2) is 0 Å². The van der Waals surface area contributed by atoms with Crippen molar-refractivity contribution in [1.82, 2.24) is 0 Å². The van der Waals surface area contributed by atoms with Crippen molar-refractivity contribution in [1.29, 1.82) is 0 Å². The van der Waals surface area contributed by atoms with E-state index in [0.29, 0.717) is 0 Å². The quantitative estimate of drug-likeness (QED) is 0.510. The molecule has 0 aromatic heterocycles. The molecule has 21 heavy (non-hydrogen) atoms. The predicted molar refractivity (Wildman–Crippen MR) is 84.4 cm³/mol. The second kappa shape index (κ2) is 8.65. The molecule has 3 nitrogen and oxygen atoms in total. The maximum absolute atomic E-state index is 10.6. The van der Waals surface area contributed by atoms with Gasteiger partial charge >= 0.3 is 6.16 Å². The van der Waals surface area contributed by atoms with E-state index >= 15 is 0 Å². The van der Waals surface area contributed by atoms with E-state index in [0.717, 1.165) is 30.6 Å². The van der Waals surface area contributed by atoms with Gasteiger partial charge in [0.1, 0.15) is 6.10 Å². The maximum Gasteiger partial charge on any atom is 0.506 e. The van der Waals surface area contributed by atoms with Gasteiger partial charge in [-0.1, -0.05) is 45.4 Å². The van der Waals surface area contributed by atoms with E-state index in [1.807, 2.05) is 0 Å². The number of hydrogen-bond donors (Lipinski definition) is 1. The fraction of sp³-hybridized carbons (Fsp3) is 0.944. The number of carboxylic acid groups (broad SMARTS) is 1. The number of ether oxygens (including phenoxy) is 1. The van der Waals surface area contributed by atoms with E-state index in [1.165, 1.54) is 64.2 Å². The van der Waals surface area contributed by atoms with Gasteiger partial charge in [-0.3, -0.25) is 0 Å².